The van der Waals surface area contributed by atoms with Gasteiger partial charge in [-0.2, -0.15) is 31.3 Å². The Labute approximate surface area is 189 Å². The van der Waals surface area contributed by atoms with Gasteiger partial charge in [0.1, 0.15) is 0 Å². The van der Waals surface area contributed by atoms with Crippen molar-refractivity contribution in [2.75, 3.05) is 25.5 Å². The number of carboxylic acid groups (broad SMARTS) is 1. The first kappa shape index (κ1) is 27.4. The number of alkyl halides is 6. The number of hydrogen-bond donors (Lipinski definition) is 4. The molecule has 15 heteroatoms. The van der Waals surface area contributed by atoms with Crippen LogP contribution in [0.3, 0.4) is 0 Å². The second kappa shape index (κ2) is 10.6. The average molecular weight is 504 g/mol. The van der Waals surface area contributed by atoms with Crippen molar-refractivity contribution in [2.24, 2.45) is 5.41 Å². The van der Waals surface area contributed by atoms with Gasteiger partial charge in [0.25, 0.3) is 0 Å². The van der Waals surface area contributed by atoms with Crippen LogP contribution in [0.15, 0.2) is 6.07 Å². The summed E-state index contributed by atoms with van der Waals surface area (Å²) in [6.45, 7) is 0.348. The molecule has 1 aliphatic carbocycles. The smallest absolute Gasteiger partial charge is 0.481 e. The molecule has 0 radical (unpaired) electrons. The van der Waals surface area contributed by atoms with Gasteiger partial charge in [-0.25, -0.2) is 9.18 Å². The number of methoxy groups -OCH3 is 1. The maximum Gasteiger partial charge on any atom is 0.490 e. The van der Waals surface area contributed by atoms with Gasteiger partial charge in [-0.1, -0.05) is 0 Å². The van der Waals surface area contributed by atoms with Gasteiger partial charge in [0, 0.05) is 18.7 Å². The Morgan fingerprint density at radius 3 is 2.32 bits per heavy atom. The van der Waals surface area contributed by atoms with Crippen LogP contribution in [0.25, 0.3) is 0 Å². The highest BCUT2D eigenvalue weighted by Crippen LogP contribution is 2.57. The zero-order valence-corrected chi connectivity index (χ0v) is 17.9. The molecule has 1 saturated carbocycles. The molecule has 1 aliphatic heterocycles. The van der Waals surface area contributed by atoms with Crippen molar-refractivity contribution in [1.82, 2.24) is 15.6 Å². The molecule has 8 nitrogen and oxygen atoms in total. The molecular formula is C19H23F7N4O4. The van der Waals surface area contributed by atoms with Gasteiger partial charge >= 0.3 is 18.3 Å². The predicted molar refractivity (Wildman–Crippen MR) is 104 cm³/mol. The number of nitrogens with one attached hydrogen (secondary N) is 3. The van der Waals surface area contributed by atoms with Gasteiger partial charge in [-0.15, -0.1) is 0 Å². The number of anilines is 1. The van der Waals surface area contributed by atoms with Gasteiger partial charge in [0.15, 0.2) is 11.6 Å². The third kappa shape index (κ3) is 7.08. The summed E-state index contributed by atoms with van der Waals surface area (Å²) in [7, 11) is 1.33. The SMILES string of the molecule is COc1nc(NCC2(C(F)(F)F)CC2)c(F)cc1CNC(=O)[C@@H]1CCCN1.O=C(O)C(F)(F)F. The number of halogens is 7. The number of hydrogen-bond acceptors (Lipinski definition) is 6. The minimum atomic E-state index is -5.08. The van der Waals surface area contributed by atoms with E-state index in [4.69, 9.17) is 14.6 Å². The van der Waals surface area contributed by atoms with Crippen molar-refractivity contribution in [2.45, 2.75) is 50.6 Å². The second-order valence-corrected chi connectivity index (χ2v) is 7.79. The first-order chi connectivity index (χ1) is 15.7. The van der Waals surface area contributed by atoms with E-state index in [1.807, 2.05) is 0 Å². The van der Waals surface area contributed by atoms with Crippen molar-refractivity contribution in [3.05, 3.63) is 17.4 Å². The van der Waals surface area contributed by atoms with Crippen LogP contribution < -0.4 is 20.7 Å². The lowest BCUT2D eigenvalue weighted by atomic mass is 10.1. The van der Waals surface area contributed by atoms with E-state index in [9.17, 15) is 35.5 Å². The predicted octanol–water partition coefficient (Wildman–Crippen LogP) is 2.99. The van der Waals surface area contributed by atoms with Crippen LogP contribution in [0.2, 0.25) is 0 Å². The summed E-state index contributed by atoms with van der Waals surface area (Å²) < 4.78 is 90.1. The maximum absolute atomic E-state index is 14.3. The Morgan fingerprint density at radius 2 is 1.88 bits per heavy atom. The Bertz CT molecular complexity index is 883. The number of rotatable bonds is 7. The number of nitrogens with zero attached hydrogens (tertiary/aromatic N) is 1. The van der Waals surface area contributed by atoms with Gasteiger partial charge in [-0.05, 0) is 38.3 Å². The van der Waals surface area contributed by atoms with E-state index in [1.54, 1.807) is 0 Å². The molecule has 3 rings (SSSR count). The average Bonchev–Trinajstić information content (AvgIpc) is 3.35. The van der Waals surface area contributed by atoms with Crippen molar-refractivity contribution in [3.8, 4) is 5.88 Å². The van der Waals surface area contributed by atoms with Crippen molar-refractivity contribution in [3.63, 3.8) is 0 Å². The highest BCUT2D eigenvalue weighted by atomic mass is 19.4. The van der Waals surface area contributed by atoms with E-state index in [0.717, 1.165) is 25.5 Å². The molecular weight excluding hydrogens is 481 g/mol. The quantitative estimate of drug-likeness (QED) is 0.423. The lowest BCUT2D eigenvalue weighted by Crippen LogP contribution is -2.40. The van der Waals surface area contributed by atoms with Crippen LogP contribution >= 0.6 is 0 Å². The van der Waals surface area contributed by atoms with E-state index in [2.05, 4.69) is 20.9 Å². The lowest BCUT2D eigenvalue weighted by molar-refractivity contribution is -0.192. The number of pyridine rings is 1. The zero-order chi connectivity index (χ0) is 25.7. The molecule has 0 aromatic carbocycles. The molecule has 2 fully saturated rings. The Balaban J connectivity index is 0.000000509. The Kier molecular flexibility index (Phi) is 8.55. The maximum atomic E-state index is 14.3. The second-order valence-electron chi connectivity index (χ2n) is 7.79. The number of amides is 1. The minimum Gasteiger partial charge on any atom is -0.481 e. The molecule has 1 atom stereocenters. The van der Waals surface area contributed by atoms with Crippen LogP contribution in [0.4, 0.5) is 36.6 Å². The fraction of sp³-hybridized carbons (Fsp3) is 0.632. The third-order valence-electron chi connectivity index (χ3n) is 5.33. The highest BCUT2D eigenvalue weighted by Gasteiger charge is 2.63. The van der Waals surface area contributed by atoms with E-state index in [-0.39, 0.29) is 43.0 Å². The van der Waals surface area contributed by atoms with Gasteiger partial charge in [-0.3, -0.25) is 4.79 Å². The molecule has 0 bridgehead atoms. The van der Waals surface area contributed by atoms with Crippen LogP contribution in [-0.4, -0.2) is 60.6 Å². The first-order valence-corrected chi connectivity index (χ1v) is 10.1. The number of carbonyl (C=O) groups is 2. The van der Waals surface area contributed by atoms with E-state index in [1.165, 1.54) is 7.11 Å². The fourth-order valence-electron chi connectivity index (χ4n) is 3.12. The summed E-state index contributed by atoms with van der Waals surface area (Å²) >= 11 is 0. The normalized spacial score (nSPS) is 19.0. The summed E-state index contributed by atoms with van der Waals surface area (Å²) in [5.74, 6) is -3.99. The van der Waals surface area contributed by atoms with E-state index >= 15 is 0 Å². The molecule has 0 spiro atoms. The molecule has 1 amide bonds. The van der Waals surface area contributed by atoms with Gasteiger partial charge in [0.05, 0.1) is 18.6 Å². The zero-order valence-electron chi connectivity index (χ0n) is 17.9. The summed E-state index contributed by atoms with van der Waals surface area (Å²) in [6, 6.07) is 0.843. The Hall–Kier alpha value is -2.84. The number of carbonyl (C=O) groups excluding carboxylic acids is 1. The largest absolute Gasteiger partial charge is 0.490 e. The third-order valence-corrected chi connectivity index (χ3v) is 5.33. The van der Waals surface area contributed by atoms with Crippen LogP contribution in [0.1, 0.15) is 31.2 Å². The van der Waals surface area contributed by atoms with Crippen LogP contribution in [0.5, 0.6) is 5.88 Å². The van der Waals surface area contributed by atoms with Gasteiger partial charge < -0.3 is 25.8 Å². The van der Waals surface area contributed by atoms with Crippen molar-refractivity contribution < 1.29 is 50.2 Å². The molecule has 34 heavy (non-hydrogen) atoms. The number of carboxylic acids is 1. The van der Waals surface area contributed by atoms with E-state index in [0.29, 0.717) is 5.56 Å². The molecule has 1 saturated heterocycles. The molecule has 4 N–H and O–H groups in total. The first-order valence-electron chi connectivity index (χ1n) is 10.1. The van der Waals surface area contributed by atoms with Gasteiger partial charge in [0.2, 0.25) is 11.8 Å². The van der Waals surface area contributed by atoms with Crippen LogP contribution in [0, 0.1) is 11.2 Å². The fourth-order valence-corrected chi connectivity index (χ4v) is 3.12. The summed E-state index contributed by atoms with van der Waals surface area (Å²) in [6.07, 6.45) is -7.74. The lowest BCUT2D eigenvalue weighted by Gasteiger charge is -2.20. The molecule has 192 valence electrons. The standard InChI is InChI=1S/C17H22F4N4O2.C2HF3O2/c1-27-15-10(8-23-14(26)12-3-2-6-22-12)7-11(18)13(25-15)24-9-16(4-5-16)17(19,20)21;3-2(4,5)1(6)7/h7,12,22H,2-6,8-9H2,1H3,(H,23,26)(H,24,25);(H,6,7)/t12-;/m0./s1. The summed E-state index contributed by atoms with van der Waals surface area (Å²) in [4.78, 5) is 24.9. The van der Waals surface area contributed by atoms with E-state index < -0.39 is 36.1 Å². The molecule has 1 aromatic heterocycles. The Morgan fingerprint density at radius 1 is 1.26 bits per heavy atom. The molecule has 2 heterocycles. The summed E-state index contributed by atoms with van der Waals surface area (Å²) in [5.41, 5.74) is -1.50. The number of aromatic nitrogens is 1. The number of ether oxygens (including phenoxy) is 1. The number of aliphatic carboxylic acids is 1. The minimum absolute atomic E-state index is 0.0108. The van der Waals surface area contributed by atoms with Crippen LogP contribution in [-0.2, 0) is 16.1 Å². The molecule has 2 aliphatic rings. The van der Waals surface area contributed by atoms with Crippen molar-refractivity contribution in [1.29, 1.82) is 0 Å². The molecule has 1 aromatic rings. The van der Waals surface area contributed by atoms with Crippen molar-refractivity contribution >= 4 is 17.7 Å². The highest BCUT2D eigenvalue weighted by molar-refractivity contribution is 5.82. The summed E-state index contributed by atoms with van der Waals surface area (Å²) in [5, 5.41) is 15.3. The monoisotopic (exact) mass is 504 g/mol. The topological polar surface area (TPSA) is 113 Å². The molecule has 0 unspecified atom stereocenters.